The summed E-state index contributed by atoms with van der Waals surface area (Å²) in [6, 6.07) is 15.5. The number of carbonyl (C=O) groups is 1. The first-order valence-corrected chi connectivity index (χ1v) is 6.80. The molecule has 3 N–H and O–H groups in total. The Hall–Kier alpha value is -1.94. The molecule has 0 aliphatic rings. The van der Waals surface area contributed by atoms with E-state index in [2.05, 4.69) is 0 Å². The number of nitrogen functional groups attached to an aromatic ring is 1. The highest BCUT2D eigenvalue weighted by atomic mass is 32.2. The zero-order valence-corrected chi connectivity index (χ0v) is 11.2. The van der Waals surface area contributed by atoms with Gasteiger partial charge in [-0.05, 0) is 30.2 Å². The molecule has 0 fully saturated rings. The van der Waals surface area contributed by atoms with Crippen molar-refractivity contribution < 1.29 is 9.90 Å². The van der Waals surface area contributed by atoms with Crippen LogP contribution in [0.15, 0.2) is 58.3 Å². The summed E-state index contributed by atoms with van der Waals surface area (Å²) in [5, 5.41) is 8.77. The van der Waals surface area contributed by atoms with Crippen LogP contribution in [0.2, 0.25) is 0 Å². The molecule has 0 amide bonds. The quantitative estimate of drug-likeness (QED) is 0.819. The highest BCUT2D eigenvalue weighted by Crippen LogP contribution is 2.34. The van der Waals surface area contributed by atoms with Crippen molar-refractivity contribution in [2.45, 2.75) is 22.6 Å². The van der Waals surface area contributed by atoms with Crippen molar-refractivity contribution in [2.75, 3.05) is 5.73 Å². The van der Waals surface area contributed by atoms with E-state index in [1.54, 1.807) is 11.8 Å². The zero-order valence-electron chi connectivity index (χ0n) is 10.4. The maximum absolute atomic E-state index is 10.7. The van der Waals surface area contributed by atoms with Gasteiger partial charge in [-0.25, -0.2) is 0 Å². The predicted octanol–water partition coefficient (Wildman–Crippen LogP) is 3.44. The number of nitrogens with two attached hydrogens (primary N) is 1. The molecule has 2 aromatic rings. The van der Waals surface area contributed by atoms with Crippen LogP contribution in [0, 0.1) is 0 Å². The molecule has 2 aromatic carbocycles. The van der Waals surface area contributed by atoms with E-state index in [0.29, 0.717) is 6.42 Å². The molecule has 0 aliphatic heterocycles. The van der Waals surface area contributed by atoms with Gasteiger partial charge < -0.3 is 10.8 Å². The molecule has 0 atom stereocenters. The summed E-state index contributed by atoms with van der Waals surface area (Å²) in [6.07, 6.45) is 0.674. The van der Waals surface area contributed by atoms with E-state index in [9.17, 15) is 4.79 Å². The normalized spacial score (nSPS) is 10.3. The van der Waals surface area contributed by atoms with Gasteiger partial charge in [-0.2, -0.15) is 0 Å². The molecule has 98 valence electrons. The first-order valence-electron chi connectivity index (χ1n) is 5.99. The second-order valence-corrected chi connectivity index (χ2v) is 5.23. The monoisotopic (exact) mass is 273 g/mol. The molecule has 0 heterocycles. The number of carboxylic acids is 1. The highest BCUT2D eigenvalue weighted by molar-refractivity contribution is 7.99. The lowest BCUT2D eigenvalue weighted by Crippen LogP contribution is -1.98. The molecule has 0 unspecified atom stereocenters. The lowest BCUT2D eigenvalue weighted by atomic mass is 10.1. The van der Waals surface area contributed by atoms with Crippen LogP contribution in [-0.2, 0) is 11.2 Å². The van der Waals surface area contributed by atoms with Crippen LogP contribution < -0.4 is 5.73 Å². The number of benzene rings is 2. The first kappa shape index (κ1) is 13.5. The fourth-order valence-corrected chi connectivity index (χ4v) is 2.76. The van der Waals surface area contributed by atoms with Crippen molar-refractivity contribution in [1.29, 1.82) is 0 Å². The number of hydrogen-bond donors (Lipinski definition) is 2. The van der Waals surface area contributed by atoms with Crippen molar-refractivity contribution in [3.05, 3.63) is 54.1 Å². The van der Waals surface area contributed by atoms with Gasteiger partial charge in [0.1, 0.15) is 0 Å². The lowest BCUT2D eigenvalue weighted by Gasteiger charge is -2.09. The Balaban J connectivity index is 2.20. The number of para-hydroxylation sites is 1. The molecule has 19 heavy (non-hydrogen) atoms. The molecule has 0 saturated carbocycles. The Labute approximate surface area is 116 Å². The van der Waals surface area contributed by atoms with Crippen LogP contribution in [0.1, 0.15) is 12.0 Å². The van der Waals surface area contributed by atoms with Crippen LogP contribution in [0.4, 0.5) is 5.69 Å². The zero-order chi connectivity index (χ0) is 13.7. The van der Waals surface area contributed by atoms with Crippen LogP contribution in [0.3, 0.4) is 0 Å². The van der Waals surface area contributed by atoms with Gasteiger partial charge in [0.15, 0.2) is 0 Å². The van der Waals surface area contributed by atoms with E-state index in [1.165, 1.54) is 0 Å². The lowest BCUT2D eigenvalue weighted by molar-refractivity contribution is -0.136. The van der Waals surface area contributed by atoms with Gasteiger partial charge in [0.2, 0.25) is 0 Å². The summed E-state index contributed by atoms with van der Waals surface area (Å²) in [7, 11) is 0. The predicted molar refractivity (Wildman–Crippen MR) is 77.4 cm³/mol. The second kappa shape index (κ2) is 6.29. The van der Waals surface area contributed by atoms with Gasteiger partial charge in [0.25, 0.3) is 0 Å². The van der Waals surface area contributed by atoms with E-state index < -0.39 is 5.97 Å². The Morgan fingerprint density at radius 1 is 1.05 bits per heavy atom. The molecule has 0 bridgehead atoms. The minimum atomic E-state index is -0.779. The van der Waals surface area contributed by atoms with Gasteiger partial charge in [0.05, 0.1) is 0 Å². The molecule has 0 aliphatic carbocycles. The van der Waals surface area contributed by atoms with Crippen molar-refractivity contribution in [2.24, 2.45) is 0 Å². The molecule has 4 heteroatoms. The molecule has 3 nitrogen and oxygen atoms in total. The topological polar surface area (TPSA) is 63.3 Å². The summed E-state index contributed by atoms with van der Waals surface area (Å²) < 4.78 is 0. The van der Waals surface area contributed by atoms with Crippen LogP contribution >= 0.6 is 11.8 Å². The van der Waals surface area contributed by atoms with E-state index in [4.69, 9.17) is 10.8 Å². The van der Waals surface area contributed by atoms with E-state index in [0.717, 1.165) is 21.0 Å². The highest BCUT2D eigenvalue weighted by Gasteiger charge is 2.07. The van der Waals surface area contributed by atoms with E-state index in [1.807, 2.05) is 48.5 Å². The van der Waals surface area contributed by atoms with Crippen LogP contribution in [0.5, 0.6) is 0 Å². The smallest absolute Gasteiger partial charge is 0.303 e. The van der Waals surface area contributed by atoms with E-state index >= 15 is 0 Å². The minimum Gasteiger partial charge on any atom is -0.481 e. The van der Waals surface area contributed by atoms with Crippen LogP contribution in [-0.4, -0.2) is 11.1 Å². The summed E-state index contributed by atoms with van der Waals surface area (Å²) >= 11 is 1.57. The average molecular weight is 273 g/mol. The molecule has 0 aromatic heterocycles. The number of aliphatic carboxylic acids is 1. The number of anilines is 1. The number of rotatable bonds is 5. The summed E-state index contributed by atoms with van der Waals surface area (Å²) in [5.74, 6) is -0.779. The number of hydrogen-bond acceptors (Lipinski definition) is 3. The first-order chi connectivity index (χ1) is 9.16. The van der Waals surface area contributed by atoms with Gasteiger partial charge >= 0.3 is 5.97 Å². The minimum absolute atomic E-state index is 0.141. The average Bonchev–Trinajstić information content (AvgIpc) is 2.40. The van der Waals surface area contributed by atoms with Gasteiger partial charge in [-0.3, -0.25) is 4.79 Å². The standard InChI is InChI=1S/C15H15NO2S/c16-12-6-2-4-8-14(12)19-13-7-3-1-5-11(13)9-10-15(17)18/h1-8H,9-10,16H2,(H,17,18). The van der Waals surface area contributed by atoms with Crippen molar-refractivity contribution in [3.63, 3.8) is 0 Å². The maximum atomic E-state index is 10.7. The fraction of sp³-hybridized carbons (Fsp3) is 0.133. The maximum Gasteiger partial charge on any atom is 0.303 e. The Morgan fingerprint density at radius 2 is 1.68 bits per heavy atom. The summed E-state index contributed by atoms with van der Waals surface area (Å²) in [4.78, 5) is 12.7. The molecule has 0 radical (unpaired) electrons. The third-order valence-electron chi connectivity index (χ3n) is 2.72. The SMILES string of the molecule is Nc1ccccc1Sc1ccccc1CCC(=O)O. The second-order valence-electron chi connectivity index (χ2n) is 4.14. The summed E-state index contributed by atoms with van der Waals surface area (Å²) in [6.45, 7) is 0. The molecular weight excluding hydrogens is 258 g/mol. The van der Waals surface area contributed by atoms with Gasteiger partial charge in [-0.15, -0.1) is 0 Å². The molecule has 2 rings (SSSR count). The largest absolute Gasteiger partial charge is 0.481 e. The third kappa shape index (κ3) is 3.76. The summed E-state index contributed by atoms with van der Waals surface area (Å²) in [5.41, 5.74) is 7.70. The van der Waals surface area contributed by atoms with Crippen molar-refractivity contribution >= 4 is 23.4 Å². The number of carboxylic acid groups (broad SMARTS) is 1. The van der Waals surface area contributed by atoms with Crippen molar-refractivity contribution in [1.82, 2.24) is 0 Å². The molecule has 0 spiro atoms. The molecular formula is C15H15NO2S. The Kier molecular flexibility index (Phi) is 4.47. The van der Waals surface area contributed by atoms with Crippen molar-refractivity contribution in [3.8, 4) is 0 Å². The fourth-order valence-electron chi connectivity index (χ4n) is 1.74. The van der Waals surface area contributed by atoms with Gasteiger partial charge in [0, 0.05) is 21.9 Å². The Morgan fingerprint density at radius 3 is 2.37 bits per heavy atom. The van der Waals surface area contributed by atoms with Gasteiger partial charge in [-0.1, -0.05) is 42.1 Å². The van der Waals surface area contributed by atoms with E-state index in [-0.39, 0.29) is 6.42 Å². The Bertz CT molecular complexity index is 584. The molecule has 0 saturated heterocycles. The third-order valence-corrected chi connectivity index (χ3v) is 3.93. The number of aryl methyl sites for hydroxylation is 1. The van der Waals surface area contributed by atoms with Crippen LogP contribution in [0.25, 0.3) is 0 Å².